The monoisotopic (exact) mass is 520 g/mol. The van der Waals surface area contributed by atoms with Crippen LogP contribution in [0, 0.1) is 26.2 Å². The largest absolute Gasteiger partial charge is 0.399 e. The molecule has 5 aromatic carbocycles. The summed E-state index contributed by atoms with van der Waals surface area (Å²) in [6.45, 7) is 12.6. The molecule has 0 saturated carbocycles. The van der Waals surface area contributed by atoms with E-state index in [1.54, 1.807) is 0 Å². The molecule has 0 aromatic heterocycles. The fourth-order valence-corrected chi connectivity index (χ4v) is 3.99. The third kappa shape index (κ3) is 8.38. The Morgan fingerprint density at radius 1 is 0.575 bits per heavy atom. The summed E-state index contributed by atoms with van der Waals surface area (Å²) in [6, 6.07) is 41.8. The Labute approximate surface area is 239 Å². The van der Waals surface area contributed by atoms with Gasteiger partial charge in [-0.05, 0) is 78.1 Å². The van der Waals surface area contributed by atoms with Crippen LogP contribution in [0.4, 0.5) is 11.4 Å². The highest BCUT2D eigenvalue weighted by Crippen LogP contribution is 2.35. The number of hydrogen-bond acceptors (Lipinski definition) is 2. The summed E-state index contributed by atoms with van der Waals surface area (Å²) >= 11 is 0. The Balaban J connectivity index is 0.000000223. The predicted octanol–water partition coefficient (Wildman–Crippen LogP) is 8.95. The van der Waals surface area contributed by atoms with Crippen molar-refractivity contribution in [2.24, 2.45) is 0 Å². The zero-order chi connectivity index (χ0) is 28.9. The number of terminal acetylenes is 1. The van der Waals surface area contributed by atoms with E-state index >= 15 is 0 Å². The van der Waals surface area contributed by atoms with Crippen LogP contribution >= 0.6 is 0 Å². The average Bonchev–Trinajstić information content (AvgIpc) is 3.01. The molecule has 0 aliphatic heterocycles. The molecule has 0 bridgehead atoms. The van der Waals surface area contributed by atoms with Crippen LogP contribution in [0.25, 0.3) is 11.1 Å². The molecule has 5 rings (SSSR count). The Kier molecular flexibility index (Phi) is 10.7. The molecule has 0 amide bonds. The van der Waals surface area contributed by atoms with Gasteiger partial charge in [0.05, 0.1) is 0 Å². The Morgan fingerprint density at radius 3 is 1.32 bits per heavy atom. The second-order valence-corrected chi connectivity index (χ2v) is 9.38. The highest BCUT2D eigenvalue weighted by atomic mass is 14.6. The van der Waals surface area contributed by atoms with Gasteiger partial charge in [0.2, 0.25) is 0 Å². The van der Waals surface area contributed by atoms with E-state index in [1.165, 1.54) is 5.56 Å². The van der Waals surface area contributed by atoms with Crippen molar-refractivity contribution in [1.29, 1.82) is 0 Å². The molecule has 0 aliphatic rings. The first-order chi connectivity index (χ1) is 19.3. The molecule has 5 aromatic rings. The summed E-state index contributed by atoms with van der Waals surface area (Å²) in [4.78, 5) is 0. The molecule has 2 nitrogen and oxygen atoms in total. The first kappa shape index (κ1) is 29.3. The van der Waals surface area contributed by atoms with E-state index in [4.69, 9.17) is 17.9 Å². The molecule has 0 radical (unpaired) electrons. The van der Waals surface area contributed by atoms with E-state index < -0.39 is 0 Å². The van der Waals surface area contributed by atoms with Crippen molar-refractivity contribution >= 4 is 22.5 Å². The van der Waals surface area contributed by atoms with Gasteiger partial charge in [-0.2, -0.15) is 0 Å². The Bertz CT molecular complexity index is 1480. The van der Waals surface area contributed by atoms with E-state index in [0.29, 0.717) is 0 Å². The van der Waals surface area contributed by atoms with Crippen molar-refractivity contribution in [2.75, 3.05) is 11.5 Å². The highest BCUT2D eigenvalue weighted by molar-refractivity contribution is 5.92. The van der Waals surface area contributed by atoms with E-state index in [-0.39, 0.29) is 0 Å². The molecular formula is C38H36N2. The van der Waals surface area contributed by atoms with Crippen LogP contribution in [0.1, 0.15) is 38.9 Å². The van der Waals surface area contributed by atoms with Crippen molar-refractivity contribution in [3.8, 4) is 12.3 Å². The molecule has 0 saturated heterocycles. The zero-order valence-electron chi connectivity index (χ0n) is 23.3. The zero-order valence-corrected chi connectivity index (χ0v) is 23.3. The van der Waals surface area contributed by atoms with Gasteiger partial charge >= 0.3 is 0 Å². The Morgan fingerprint density at radius 2 is 0.975 bits per heavy atom. The van der Waals surface area contributed by atoms with Crippen molar-refractivity contribution in [3.63, 3.8) is 0 Å². The minimum Gasteiger partial charge on any atom is -0.399 e. The summed E-state index contributed by atoms with van der Waals surface area (Å²) in [7, 11) is 0. The van der Waals surface area contributed by atoms with Gasteiger partial charge in [0, 0.05) is 28.1 Å². The number of rotatable bonds is 4. The lowest BCUT2D eigenvalue weighted by molar-refractivity contribution is 1.41. The molecule has 0 heterocycles. The minimum atomic E-state index is 0.725. The highest BCUT2D eigenvalue weighted by Gasteiger charge is 2.14. The van der Waals surface area contributed by atoms with Gasteiger partial charge in [-0.1, -0.05) is 116 Å². The molecule has 0 unspecified atom stereocenters. The lowest BCUT2D eigenvalue weighted by Crippen LogP contribution is -2.01. The first-order valence-corrected chi connectivity index (χ1v) is 13.0. The van der Waals surface area contributed by atoms with E-state index in [1.807, 2.05) is 97.9 Å². The smallest absolute Gasteiger partial charge is 0.0473 e. The van der Waals surface area contributed by atoms with Crippen LogP contribution in [0.3, 0.4) is 0 Å². The van der Waals surface area contributed by atoms with Crippen molar-refractivity contribution in [2.45, 2.75) is 13.8 Å². The number of hydrogen-bond donors (Lipinski definition) is 2. The Hall–Kier alpha value is -5.26. The van der Waals surface area contributed by atoms with Crippen molar-refractivity contribution < 1.29 is 0 Å². The SMILES string of the molecule is C#Cc1ccccc1.C=C(c1ccccc1)c1cc(C)cc(C(=C)c2ccccc2)c1N.Cc1ccc(N)cc1. The maximum atomic E-state index is 6.51. The quantitative estimate of drug-likeness (QED) is 0.184. The van der Waals surface area contributed by atoms with Crippen LogP contribution in [-0.4, -0.2) is 0 Å². The molecule has 198 valence electrons. The third-order valence-electron chi connectivity index (χ3n) is 6.24. The van der Waals surface area contributed by atoms with Gasteiger partial charge < -0.3 is 11.5 Å². The molecule has 2 heteroatoms. The van der Waals surface area contributed by atoms with Gasteiger partial charge in [-0.25, -0.2) is 0 Å². The predicted molar refractivity (Wildman–Crippen MR) is 175 cm³/mol. The van der Waals surface area contributed by atoms with Crippen LogP contribution < -0.4 is 11.5 Å². The number of anilines is 2. The van der Waals surface area contributed by atoms with Gasteiger partial charge in [-0.15, -0.1) is 6.42 Å². The number of benzene rings is 5. The standard InChI is InChI=1S/C23H21N.C8H6.C7H9N/c1-16-14-21(17(2)19-10-6-4-7-11-19)23(24)22(15-16)18(3)20-12-8-5-9-13-20;1-2-8-6-4-3-5-7-8;1-6-2-4-7(8)5-3-6/h4-15H,2-3,24H2,1H3;1,3-7H;2-5H,8H2,1H3. The first-order valence-electron chi connectivity index (χ1n) is 13.0. The molecule has 0 aliphatic carbocycles. The minimum absolute atomic E-state index is 0.725. The van der Waals surface area contributed by atoms with Crippen LogP contribution in [0.2, 0.25) is 0 Å². The fraction of sp³-hybridized carbons (Fsp3) is 0.0526. The molecular weight excluding hydrogens is 484 g/mol. The van der Waals surface area contributed by atoms with Crippen LogP contribution in [-0.2, 0) is 0 Å². The lowest BCUT2D eigenvalue weighted by Gasteiger charge is -2.17. The van der Waals surface area contributed by atoms with Crippen LogP contribution in [0.5, 0.6) is 0 Å². The molecule has 0 atom stereocenters. The van der Waals surface area contributed by atoms with Gasteiger partial charge in [0.1, 0.15) is 0 Å². The molecule has 0 spiro atoms. The fourth-order valence-electron chi connectivity index (χ4n) is 3.99. The van der Waals surface area contributed by atoms with Crippen molar-refractivity contribution in [1.82, 2.24) is 0 Å². The van der Waals surface area contributed by atoms with E-state index in [9.17, 15) is 0 Å². The summed E-state index contributed by atoms with van der Waals surface area (Å²) in [5.74, 6) is 2.53. The molecule has 40 heavy (non-hydrogen) atoms. The summed E-state index contributed by atoms with van der Waals surface area (Å²) in [6.07, 6.45) is 5.10. The number of nitrogens with two attached hydrogens (primary N) is 2. The van der Waals surface area contributed by atoms with Gasteiger partial charge in [0.25, 0.3) is 0 Å². The summed E-state index contributed by atoms with van der Waals surface area (Å²) < 4.78 is 0. The topological polar surface area (TPSA) is 52.0 Å². The van der Waals surface area contributed by atoms with E-state index in [0.717, 1.165) is 55.9 Å². The average molecular weight is 521 g/mol. The van der Waals surface area contributed by atoms with Gasteiger partial charge in [-0.3, -0.25) is 0 Å². The number of aryl methyl sites for hydroxylation is 2. The maximum absolute atomic E-state index is 6.51. The van der Waals surface area contributed by atoms with E-state index in [2.05, 4.69) is 62.4 Å². The molecule has 0 fully saturated rings. The number of nitrogen functional groups attached to an aromatic ring is 2. The summed E-state index contributed by atoms with van der Waals surface area (Å²) in [5, 5.41) is 0. The summed E-state index contributed by atoms with van der Waals surface area (Å²) in [5.41, 5.74) is 22.8. The van der Waals surface area contributed by atoms with Crippen molar-refractivity contribution in [3.05, 3.63) is 179 Å². The second-order valence-electron chi connectivity index (χ2n) is 9.38. The molecule has 4 N–H and O–H groups in total. The maximum Gasteiger partial charge on any atom is 0.0473 e. The van der Waals surface area contributed by atoms with Gasteiger partial charge in [0.15, 0.2) is 0 Å². The van der Waals surface area contributed by atoms with Crippen LogP contribution in [0.15, 0.2) is 141 Å². The lowest BCUT2D eigenvalue weighted by atomic mass is 9.90. The third-order valence-corrected chi connectivity index (χ3v) is 6.24. The second kappa shape index (κ2) is 14.6. The normalized spacial score (nSPS) is 9.62.